The van der Waals surface area contributed by atoms with Crippen LogP contribution in [0.25, 0.3) is 0 Å². The third kappa shape index (κ3) is 5.67. The van der Waals surface area contributed by atoms with Gasteiger partial charge in [-0.25, -0.2) is 0 Å². The minimum Gasteiger partial charge on any atom is -0.375 e. The van der Waals surface area contributed by atoms with E-state index < -0.39 is 0 Å². The molecular weight excluding hydrogens is 210 g/mol. The summed E-state index contributed by atoms with van der Waals surface area (Å²) in [6.45, 7) is 4.59. The van der Waals surface area contributed by atoms with E-state index in [4.69, 9.17) is 4.74 Å². The van der Waals surface area contributed by atoms with Crippen LogP contribution in [0.1, 0.15) is 13.3 Å². The third-order valence-corrected chi connectivity index (χ3v) is 2.24. The molecule has 1 rings (SSSR count). The molecule has 1 aliphatic rings. The molecule has 0 bridgehead atoms. The highest BCUT2D eigenvalue weighted by molar-refractivity contribution is 5.76. The van der Waals surface area contributed by atoms with Crippen LogP contribution in [0.4, 0.5) is 0 Å². The van der Waals surface area contributed by atoms with Gasteiger partial charge in [0, 0.05) is 33.1 Å². The summed E-state index contributed by atoms with van der Waals surface area (Å²) in [6, 6.07) is 0. The average Bonchev–Trinajstić information content (AvgIpc) is 2.25. The molecule has 1 heterocycles. The lowest BCUT2D eigenvalue weighted by Crippen LogP contribution is -2.42. The minimum atomic E-state index is -0.0888. The van der Waals surface area contributed by atoms with E-state index in [1.807, 2.05) is 0 Å². The maximum Gasteiger partial charge on any atom is 0.222 e. The Balaban J connectivity index is 2.03. The molecule has 0 saturated carbocycles. The predicted octanol–water partition coefficient (Wildman–Crippen LogP) is -1.38. The van der Waals surface area contributed by atoms with Crippen molar-refractivity contribution >= 4 is 11.8 Å². The van der Waals surface area contributed by atoms with Gasteiger partial charge in [-0.3, -0.25) is 9.59 Å². The van der Waals surface area contributed by atoms with Crippen molar-refractivity contribution < 1.29 is 14.3 Å². The molecule has 0 aromatic carbocycles. The molecule has 6 heteroatoms. The molecule has 16 heavy (non-hydrogen) atoms. The van der Waals surface area contributed by atoms with E-state index in [-0.39, 0.29) is 17.9 Å². The molecule has 3 N–H and O–H groups in total. The SMILES string of the molecule is CC(=O)NCCNC(=O)CC1CNCCO1. The van der Waals surface area contributed by atoms with Gasteiger partial charge in [0.15, 0.2) is 0 Å². The van der Waals surface area contributed by atoms with Crippen molar-refractivity contribution in [1.82, 2.24) is 16.0 Å². The van der Waals surface area contributed by atoms with Crippen LogP contribution < -0.4 is 16.0 Å². The summed E-state index contributed by atoms with van der Waals surface area (Å²) in [5.41, 5.74) is 0. The zero-order valence-electron chi connectivity index (χ0n) is 9.54. The van der Waals surface area contributed by atoms with Gasteiger partial charge in [0.25, 0.3) is 0 Å². The second kappa shape index (κ2) is 7.19. The lowest BCUT2D eigenvalue weighted by Gasteiger charge is -2.23. The van der Waals surface area contributed by atoms with E-state index in [1.165, 1.54) is 6.92 Å². The zero-order chi connectivity index (χ0) is 11.8. The van der Waals surface area contributed by atoms with E-state index in [9.17, 15) is 9.59 Å². The van der Waals surface area contributed by atoms with Crippen LogP contribution in [0.3, 0.4) is 0 Å². The third-order valence-electron chi connectivity index (χ3n) is 2.24. The maximum atomic E-state index is 11.4. The molecule has 1 saturated heterocycles. The molecule has 0 aliphatic carbocycles. The monoisotopic (exact) mass is 229 g/mol. The van der Waals surface area contributed by atoms with Crippen molar-refractivity contribution in [3.63, 3.8) is 0 Å². The van der Waals surface area contributed by atoms with Crippen molar-refractivity contribution in [1.29, 1.82) is 0 Å². The fourth-order valence-corrected chi connectivity index (χ4v) is 1.47. The summed E-state index contributed by atoms with van der Waals surface area (Å²) in [5, 5.41) is 8.49. The molecule has 1 atom stereocenters. The van der Waals surface area contributed by atoms with Crippen LogP contribution >= 0.6 is 0 Å². The number of amides is 2. The minimum absolute atomic E-state index is 0.0329. The van der Waals surface area contributed by atoms with Gasteiger partial charge >= 0.3 is 0 Å². The van der Waals surface area contributed by atoms with E-state index in [0.29, 0.717) is 26.1 Å². The normalized spacial score (nSPS) is 20.2. The molecule has 2 amide bonds. The standard InChI is InChI=1S/C10H19N3O3/c1-8(14)12-2-3-13-10(15)6-9-7-11-4-5-16-9/h9,11H,2-7H2,1H3,(H,12,14)(H,13,15). The quantitative estimate of drug-likeness (QED) is 0.508. The molecular formula is C10H19N3O3. The Labute approximate surface area is 95.1 Å². The van der Waals surface area contributed by atoms with Crippen LogP contribution in [0.2, 0.25) is 0 Å². The summed E-state index contributed by atoms with van der Waals surface area (Å²) in [5.74, 6) is -0.131. The first-order chi connectivity index (χ1) is 7.68. The van der Waals surface area contributed by atoms with Gasteiger partial charge in [-0.1, -0.05) is 0 Å². The number of carbonyl (C=O) groups excluding carboxylic acids is 2. The van der Waals surface area contributed by atoms with Crippen molar-refractivity contribution in [2.24, 2.45) is 0 Å². The smallest absolute Gasteiger partial charge is 0.222 e. The largest absolute Gasteiger partial charge is 0.375 e. The van der Waals surface area contributed by atoms with E-state index in [2.05, 4.69) is 16.0 Å². The molecule has 1 fully saturated rings. The molecule has 1 unspecified atom stereocenters. The number of carbonyl (C=O) groups is 2. The van der Waals surface area contributed by atoms with Gasteiger partial charge in [-0.2, -0.15) is 0 Å². The number of ether oxygens (including phenoxy) is 1. The van der Waals surface area contributed by atoms with E-state index in [1.54, 1.807) is 0 Å². The number of nitrogens with one attached hydrogen (secondary N) is 3. The summed E-state index contributed by atoms with van der Waals surface area (Å²) < 4.78 is 5.40. The van der Waals surface area contributed by atoms with Crippen molar-refractivity contribution in [2.45, 2.75) is 19.4 Å². The second-order valence-corrected chi connectivity index (χ2v) is 3.73. The Bertz CT molecular complexity index is 239. The highest BCUT2D eigenvalue weighted by Gasteiger charge is 2.16. The number of morpholine rings is 1. The molecule has 0 spiro atoms. The first-order valence-electron chi connectivity index (χ1n) is 5.52. The Kier molecular flexibility index (Phi) is 5.81. The first kappa shape index (κ1) is 12.9. The van der Waals surface area contributed by atoms with Crippen molar-refractivity contribution in [2.75, 3.05) is 32.8 Å². The number of hydrogen-bond donors (Lipinski definition) is 3. The lowest BCUT2D eigenvalue weighted by molar-refractivity contribution is -0.125. The second-order valence-electron chi connectivity index (χ2n) is 3.73. The molecule has 0 aromatic rings. The Morgan fingerprint density at radius 2 is 2.12 bits per heavy atom. The predicted molar refractivity (Wildman–Crippen MR) is 58.9 cm³/mol. The Hall–Kier alpha value is -1.14. The summed E-state index contributed by atoms with van der Waals surface area (Å²) >= 11 is 0. The highest BCUT2D eigenvalue weighted by atomic mass is 16.5. The molecule has 92 valence electrons. The zero-order valence-corrected chi connectivity index (χ0v) is 9.54. The van der Waals surface area contributed by atoms with Gasteiger partial charge < -0.3 is 20.7 Å². The fraction of sp³-hybridized carbons (Fsp3) is 0.800. The van der Waals surface area contributed by atoms with E-state index >= 15 is 0 Å². The number of rotatable bonds is 5. The maximum absolute atomic E-state index is 11.4. The topological polar surface area (TPSA) is 79.5 Å². The van der Waals surface area contributed by atoms with Crippen molar-refractivity contribution in [3.8, 4) is 0 Å². The van der Waals surface area contributed by atoms with Gasteiger partial charge in [-0.15, -0.1) is 0 Å². The summed E-state index contributed by atoms with van der Waals surface area (Å²) in [6.07, 6.45) is 0.335. The van der Waals surface area contributed by atoms with Crippen LogP contribution in [-0.4, -0.2) is 50.7 Å². The molecule has 0 radical (unpaired) electrons. The van der Waals surface area contributed by atoms with Crippen molar-refractivity contribution in [3.05, 3.63) is 0 Å². The van der Waals surface area contributed by atoms with Crippen LogP contribution in [0.15, 0.2) is 0 Å². The molecule has 6 nitrogen and oxygen atoms in total. The van der Waals surface area contributed by atoms with Crippen LogP contribution in [-0.2, 0) is 14.3 Å². The highest BCUT2D eigenvalue weighted by Crippen LogP contribution is 2.00. The lowest BCUT2D eigenvalue weighted by atomic mass is 10.2. The van der Waals surface area contributed by atoms with Gasteiger partial charge in [0.1, 0.15) is 0 Å². The average molecular weight is 229 g/mol. The summed E-state index contributed by atoms with van der Waals surface area (Å²) in [4.78, 5) is 22.0. The first-order valence-corrected chi connectivity index (χ1v) is 5.52. The van der Waals surface area contributed by atoms with Crippen LogP contribution in [0.5, 0.6) is 0 Å². The van der Waals surface area contributed by atoms with Crippen LogP contribution in [0, 0.1) is 0 Å². The van der Waals surface area contributed by atoms with Gasteiger partial charge in [-0.05, 0) is 0 Å². The Morgan fingerprint density at radius 3 is 2.75 bits per heavy atom. The van der Waals surface area contributed by atoms with Gasteiger partial charge in [0.2, 0.25) is 11.8 Å². The molecule has 0 aromatic heterocycles. The summed E-state index contributed by atoms with van der Waals surface area (Å²) in [7, 11) is 0. The fourth-order valence-electron chi connectivity index (χ4n) is 1.47. The van der Waals surface area contributed by atoms with E-state index in [0.717, 1.165) is 13.1 Å². The van der Waals surface area contributed by atoms with Gasteiger partial charge in [0.05, 0.1) is 19.1 Å². The Morgan fingerprint density at radius 1 is 1.38 bits per heavy atom. The molecule has 1 aliphatic heterocycles. The number of hydrogen-bond acceptors (Lipinski definition) is 4.